The number of esters is 4. The normalized spacial score (nSPS) is 31.2. The van der Waals surface area contributed by atoms with Gasteiger partial charge in [0.1, 0.15) is 46.1 Å². The van der Waals surface area contributed by atoms with Crippen LogP contribution in [0.5, 0.6) is 0 Å². The third-order valence-electron chi connectivity index (χ3n) is 18.3. The molecule has 0 saturated carbocycles. The lowest BCUT2D eigenvalue weighted by Crippen LogP contribution is -2.49. The number of likely N-dealkylation sites (N-methyl/N-ethyl adjacent to an activating group) is 3. The van der Waals surface area contributed by atoms with Crippen molar-refractivity contribution in [3.8, 4) is 0 Å². The van der Waals surface area contributed by atoms with Crippen molar-refractivity contribution in [1.82, 2.24) is 35.1 Å². The number of hydrogen-bond acceptors (Lipinski definition) is 19. The quantitative estimate of drug-likeness (QED) is 0.0487. The van der Waals surface area contributed by atoms with Gasteiger partial charge < -0.3 is 49.7 Å². The van der Waals surface area contributed by atoms with Crippen LogP contribution in [-0.2, 0) is 57.3 Å². The third kappa shape index (κ3) is 17.9. The molecule has 0 amide bonds. The number of carboxylic acids is 3. The van der Waals surface area contributed by atoms with E-state index < -0.39 is 45.6 Å². The highest BCUT2D eigenvalue weighted by Crippen LogP contribution is 2.46. The van der Waals surface area contributed by atoms with Gasteiger partial charge in [0, 0.05) is 30.3 Å². The molecule has 0 radical (unpaired) electrons. The summed E-state index contributed by atoms with van der Waals surface area (Å²) < 4.78 is 20.5. The zero-order valence-electron chi connectivity index (χ0n) is 53.9. The molecule has 1 unspecified atom stereocenters. The van der Waals surface area contributed by atoms with E-state index in [0.717, 1.165) is 136 Å². The van der Waals surface area contributed by atoms with Crippen LogP contribution in [0.4, 0.5) is 0 Å². The predicted molar refractivity (Wildman–Crippen MR) is 329 cm³/mol. The minimum absolute atomic E-state index is 0.00694. The summed E-state index contributed by atoms with van der Waals surface area (Å²) in [6.45, 7) is 33.6. The smallest absolute Gasteiger partial charge is 0.328 e. The van der Waals surface area contributed by atoms with Crippen molar-refractivity contribution in [1.29, 1.82) is 0 Å². The largest absolute Gasteiger partial charge is 0.480 e. The number of ether oxygens (including phenoxy) is 4. The second-order valence-electron chi connectivity index (χ2n) is 26.2. The number of cyclic esters (lactones) is 2. The Morgan fingerprint density at radius 3 is 1.48 bits per heavy atom. The van der Waals surface area contributed by atoms with Gasteiger partial charge in [0.15, 0.2) is 12.5 Å². The number of fused-ring (bicyclic) bond motifs is 2. The molecule has 22 nitrogen and oxygen atoms in total. The maximum atomic E-state index is 12.1. The molecule has 0 aromatic carbocycles. The molecule has 9 atom stereocenters. The fraction of sp³-hybridized carbons (Fsp3) is 0.750. The Labute approximate surface area is 512 Å². The van der Waals surface area contributed by atoms with Crippen LogP contribution in [0.15, 0.2) is 50.6 Å². The summed E-state index contributed by atoms with van der Waals surface area (Å²) in [5.74, 6) is -2.69. The molecule has 0 bridgehead atoms. The van der Waals surface area contributed by atoms with Crippen molar-refractivity contribution in [2.45, 2.75) is 216 Å². The topological polar surface area (TPSA) is 274 Å². The fourth-order valence-electron chi connectivity index (χ4n) is 13.4. The summed E-state index contributed by atoms with van der Waals surface area (Å²) in [7, 11) is 8.49. The molecular formula is C64H107N7O15. The van der Waals surface area contributed by atoms with Crippen LogP contribution in [0.2, 0.25) is 0 Å². The van der Waals surface area contributed by atoms with E-state index in [0.29, 0.717) is 32.1 Å². The standard InChI is InChI=1S/C13H21NO2.2C10H17NO2.C9H15NO3.C9H15NO2.C8H13NO2.C5H9NO2/c1-5-7-13-8-6-9-14(13)10(12(2,3)4)16-11(13)15;1-10(2,3)9-11-6-4-5-7(11)8(12)13-9;1-4-6-10(9(12)13-3)7-5-8-11(10)2;1-10-6-3-4-9(10,5-7-11)8(12)13-2;1-3-5-9(8(11)12)6-4-7-10(9)2;1-2-4-8(7(10)11)5-3-6-9-8;7-5(8)4-2-1-3-6-4/h5,10H,1,6-9H2,2-4H3;7,9H,4-6H2,1-3H3;4H,1,5-8H2,2-3H3;7H,3-6H2,1-2H3;3H,1,4-7H2,2H3,(H,11,12);2,9H,1,3-6H2,(H,10,11);4,6H,1-3H2,(H,7,8)/t10-,13+;7-,9+;10-;;9-;8-;4-/m100.000/s1. The Bertz CT molecular complexity index is 2280. The summed E-state index contributed by atoms with van der Waals surface area (Å²) in [6, 6.07) is -0.209. The van der Waals surface area contributed by atoms with E-state index in [9.17, 15) is 38.4 Å². The number of nitrogens with one attached hydrogen (secondary N) is 2. The van der Waals surface area contributed by atoms with Crippen LogP contribution in [0.25, 0.3) is 0 Å². The minimum atomic E-state index is -0.755. The van der Waals surface area contributed by atoms with Crippen molar-refractivity contribution in [2.75, 3.05) is 81.2 Å². The van der Waals surface area contributed by atoms with Crippen molar-refractivity contribution in [2.24, 2.45) is 10.8 Å². The Morgan fingerprint density at radius 2 is 1.09 bits per heavy atom. The number of carbonyl (C=O) groups excluding carboxylic acids is 5. The first kappa shape index (κ1) is 74.9. The van der Waals surface area contributed by atoms with E-state index in [2.05, 4.69) is 93.2 Å². The summed E-state index contributed by atoms with van der Waals surface area (Å²) in [4.78, 5) is 99.5. The van der Waals surface area contributed by atoms with E-state index in [1.165, 1.54) is 14.2 Å². The second-order valence-corrected chi connectivity index (χ2v) is 26.2. The van der Waals surface area contributed by atoms with Crippen LogP contribution >= 0.6 is 0 Å². The molecule has 86 heavy (non-hydrogen) atoms. The molecule has 9 rings (SSSR count). The summed E-state index contributed by atoms with van der Waals surface area (Å²) in [6.07, 6.45) is 23.2. The number of nitrogens with zero attached hydrogens (tertiary/aromatic N) is 5. The van der Waals surface area contributed by atoms with Gasteiger partial charge in [0.25, 0.3) is 0 Å². The average Bonchev–Trinajstić information content (AvgIpc) is 1.75. The molecule has 9 saturated heterocycles. The van der Waals surface area contributed by atoms with Crippen molar-refractivity contribution >= 4 is 48.1 Å². The van der Waals surface area contributed by atoms with Crippen molar-refractivity contribution < 1.29 is 72.6 Å². The maximum Gasteiger partial charge on any atom is 0.328 e. The Balaban J connectivity index is 0.000000264. The van der Waals surface area contributed by atoms with Gasteiger partial charge in [-0.1, -0.05) is 65.8 Å². The number of methoxy groups -OCH3 is 2. The van der Waals surface area contributed by atoms with E-state index in [4.69, 9.17) is 34.3 Å². The molecule has 0 aromatic heterocycles. The van der Waals surface area contributed by atoms with Crippen molar-refractivity contribution in [3.05, 3.63) is 50.6 Å². The van der Waals surface area contributed by atoms with E-state index in [-0.39, 0.29) is 65.7 Å². The predicted octanol–water partition coefficient (Wildman–Crippen LogP) is 6.82. The molecule has 0 aromatic rings. The first-order valence-corrected chi connectivity index (χ1v) is 30.7. The second kappa shape index (κ2) is 33.3. The van der Waals surface area contributed by atoms with Crippen LogP contribution in [0.1, 0.15) is 164 Å². The molecule has 0 spiro atoms. The Morgan fingerprint density at radius 1 is 0.593 bits per heavy atom. The minimum Gasteiger partial charge on any atom is -0.480 e. The highest BCUT2D eigenvalue weighted by molar-refractivity contribution is 5.85. The maximum absolute atomic E-state index is 12.1. The number of aldehydes is 1. The van der Waals surface area contributed by atoms with Crippen LogP contribution in [0, 0.1) is 10.8 Å². The molecule has 9 fully saturated rings. The third-order valence-corrected chi connectivity index (χ3v) is 18.3. The number of carboxylic acid groups (broad SMARTS) is 3. The number of rotatable bonds is 15. The van der Waals surface area contributed by atoms with Crippen LogP contribution in [0.3, 0.4) is 0 Å². The summed E-state index contributed by atoms with van der Waals surface area (Å²) in [5, 5.41) is 32.2. The summed E-state index contributed by atoms with van der Waals surface area (Å²) >= 11 is 0. The van der Waals surface area contributed by atoms with E-state index in [1.807, 2.05) is 37.0 Å². The highest BCUT2D eigenvalue weighted by Gasteiger charge is 2.59. The summed E-state index contributed by atoms with van der Waals surface area (Å²) in [5.41, 5.74) is -2.88. The van der Waals surface area contributed by atoms with Gasteiger partial charge in [-0.2, -0.15) is 0 Å². The lowest BCUT2D eigenvalue weighted by molar-refractivity contribution is -0.154. The highest BCUT2D eigenvalue weighted by atomic mass is 16.6. The molecule has 9 aliphatic rings. The van der Waals surface area contributed by atoms with Gasteiger partial charge in [0.2, 0.25) is 0 Å². The van der Waals surface area contributed by atoms with Gasteiger partial charge in [-0.05, 0) is 169 Å². The lowest BCUT2D eigenvalue weighted by atomic mass is 9.90. The number of hydrogen-bond donors (Lipinski definition) is 5. The van der Waals surface area contributed by atoms with Gasteiger partial charge >= 0.3 is 41.8 Å². The van der Waals surface area contributed by atoms with Gasteiger partial charge in [0.05, 0.1) is 14.2 Å². The Hall–Kier alpha value is -5.36. The molecule has 488 valence electrons. The molecule has 9 aliphatic heterocycles. The monoisotopic (exact) mass is 1210 g/mol. The SMILES string of the molecule is C=CC[C@@]1(C(=O)O)CCCN1.C=CC[C@@]1(C(=O)O)CCCN1C.C=CC[C@@]1(C(=O)OC)CCCN1C.C=CC[C@@]12CCCN1[C@@H](C(C)(C)C)OC2=O.CC(C)(C)[C@H]1OC(=O)[C@@H]2CCCN21.COC(=O)C1(CC=O)CCCN1C.O=C(O)[C@@H]1CCCN1. The van der Waals surface area contributed by atoms with Crippen LogP contribution in [-0.4, -0.2) is 221 Å². The molecular weight excluding hydrogens is 1110 g/mol. The number of likely N-dealkylation sites (tertiary alicyclic amines) is 3. The zero-order valence-corrected chi connectivity index (χ0v) is 53.9. The number of carbonyl (C=O) groups is 8. The van der Waals surface area contributed by atoms with E-state index >= 15 is 0 Å². The van der Waals surface area contributed by atoms with Gasteiger partial charge in [-0.3, -0.25) is 53.3 Å². The molecule has 0 aliphatic carbocycles. The molecule has 5 N–H and O–H groups in total. The fourth-order valence-corrected chi connectivity index (χ4v) is 13.4. The van der Waals surface area contributed by atoms with E-state index in [1.54, 1.807) is 18.2 Å². The molecule has 22 heteroatoms. The molecule has 9 heterocycles. The van der Waals surface area contributed by atoms with Crippen LogP contribution < -0.4 is 10.6 Å². The van der Waals surface area contributed by atoms with Gasteiger partial charge in [-0.25, -0.2) is 4.79 Å². The Kier molecular flexibility index (Phi) is 29.0. The van der Waals surface area contributed by atoms with Crippen molar-refractivity contribution in [3.63, 3.8) is 0 Å². The zero-order chi connectivity index (χ0) is 64.9. The first-order chi connectivity index (χ1) is 40.4. The average molecular weight is 1210 g/mol. The van der Waals surface area contributed by atoms with Gasteiger partial charge in [-0.15, -0.1) is 26.3 Å². The first-order valence-electron chi connectivity index (χ1n) is 30.7. The lowest BCUT2D eigenvalue weighted by Gasteiger charge is -2.35. The number of aliphatic carboxylic acids is 3.